The molecule has 0 bridgehead atoms. The number of hydrogen-bond acceptors (Lipinski definition) is 4. The zero-order valence-corrected chi connectivity index (χ0v) is 18.3. The predicted molar refractivity (Wildman–Crippen MR) is 115 cm³/mol. The summed E-state index contributed by atoms with van der Waals surface area (Å²) in [6.45, 7) is 5.39. The molecule has 7 heteroatoms. The third-order valence-corrected chi connectivity index (χ3v) is 6.95. The fourth-order valence-electron chi connectivity index (χ4n) is 5.15. The molecule has 3 rings (SSSR count). The number of nitrogens with zero attached hydrogens (tertiary/aromatic N) is 1. The summed E-state index contributed by atoms with van der Waals surface area (Å²) in [5.41, 5.74) is 6.22. The van der Waals surface area contributed by atoms with Crippen LogP contribution in [0.5, 0.6) is 0 Å². The van der Waals surface area contributed by atoms with Crippen LogP contribution in [0.4, 0.5) is 0 Å². The number of nitrogens with one attached hydrogen (secondary N) is 1. The lowest BCUT2D eigenvalue weighted by atomic mass is 9.71. The number of nitrogens with two attached hydrogens (primary N) is 1. The molecule has 1 saturated carbocycles. The number of halogens is 2. The average Bonchev–Trinajstić information content (AvgIpc) is 2.68. The van der Waals surface area contributed by atoms with Crippen molar-refractivity contribution in [1.82, 2.24) is 10.2 Å². The normalized spacial score (nSPS) is 24.9. The zero-order valence-electron chi connectivity index (χ0n) is 16.7. The molecule has 0 atom stereocenters. The van der Waals surface area contributed by atoms with Crippen LogP contribution in [0.1, 0.15) is 70.6 Å². The van der Waals surface area contributed by atoms with Crippen molar-refractivity contribution in [2.24, 2.45) is 11.1 Å². The van der Waals surface area contributed by atoms with Crippen LogP contribution in [0.25, 0.3) is 0 Å². The fraction of sp³-hybridized carbons (Fsp3) is 0.950. The van der Waals surface area contributed by atoms with E-state index < -0.39 is 0 Å². The molecule has 2 heterocycles. The van der Waals surface area contributed by atoms with Gasteiger partial charge >= 0.3 is 0 Å². The van der Waals surface area contributed by atoms with Crippen molar-refractivity contribution in [3.05, 3.63) is 0 Å². The Morgan fingerprint density at radius 2 is 1.52 bits per heavy atom. The molecule has 27 heavy (non-hydrogen) atoms. The lowest BCUT2D eigenvalue weighted by Gasteiger charge is -2.48. The summed E-state index contributed by atoms with van der Waals surface area (Å²) in [4.78, 5) is 15.4. The van der Waals surface area contributed by atoms with E-state index in [0.29, 0.717) is 13.0 Å². The molecule has 1 aliphatic carbocycles. The van der Waals surface area contributed by atoms with Crippen molar-refractivity contribution in [2.75, 3.05) is 39.4 Å². The number of piperidine rings is 1. The van der Waals surface area contributed by atoms with Gasteiger partial charge in [-0.15, -0.1) is 24.8 Å². The van der Waals surface area contributed by atoms with E-state index in [9.17, 15) is 4.79 Å². The molecule has 0 unspecified atom stereocenters. The summed E-state index contributed by atoms with van der Waals surface area (Å²) in [7, 11) is 0. The van der Waals surface area contributed by atoms with E-state index in [1.165, 1.54) is 51.6 Å². The Labute approximate surface area is 177 Å². The van der Waals surface area contributed by atoms with Crippen LogP contribution >= 0.6 is 24.8 Å². The van der Waals surface area contributed by atoms with Gasteiger partial charge in [-0.3, -0.25) is 9.69 Å². The molecule has 3 fully saturated rings. The van der Waals surface area contributed by atoms with E-state index in [4.69, 9.17) is 10.5 Å². The molecular formula is C20H39Cl2N3O2. The van der Waals surface area contributed by atoms with Crippen molar-refractivity contribution in [2.45, 2.75) is 76.2 Å². The maximum Gasteiger partial charge on any atom is 0.220 e. The topological polar surface area (TPSA) is 67.6 Å². The van der Waals surface area contributed by atoms with E-state index in [-0.39, 0.29) is 41.7 Å². The van der Waals surface area contributed by atoms with E-state index in [2.05, 4.69) is 10.2 Å². The fourth-order valence-corrected chi connectivity index (χ4v) is 5.15. The summed E-state index contributed by atoms with van der Waals surface area (Å²) in [6, 6.07) is 0. The van der Waals surface area contributed by atoms with Gasteiger partial charge in [0.05, 0.1) is 0 Å². The minimum atomic E-state index is 0. The molecule has 0 aromatic heterocycles. The van der Waals surface area contributed by atoms with Gasteiger partial charge in [-0.25, -0.2) is 0 Å². The van der Waals surface area contributed by atoms with Crippen LogP contribution in [-0.4, -0.2) is 55.7 Å². The Hall–Kier alpha value is -0.0700. The molecule has 5 nitrogen and oxygen atoms in total. The van der Waals surface area contributed by atoms with Crippen LogP contribution in [0, 0.1) is 5.41 Å². The lowest BCUT2D eigenvalue weighted by Crippen LogP contribution is -2.59. The first-order valence-corrected chi connectivity index (χ1v) is 10.5. The number of carbonyl (C=O) groups excluding carboxylic acids is 1. The molecule has 160 valence electrons. The standard InChI is InChI=1S/C20H37N3O2.2ClH/c21-16-19(7-3-1-4-8-19)15-18(24)22-17-20(9-13-25-14-10-20)23-11-5-2-6-12-23;;/h1-17,21H2,(H,22,24);2*1H. The Morgan fingerprint density at radius 3 is 2.11 bits per heavy atom. The van der Waals surface area contributed by atoms with E-state index in [0.717, 1.165) is 45.4 Å². The molecule has 1 amide bonds. The minimum Gasteiger partial charge on any atom is -0.381 e. The van der Waals surface area contributed by atoms with Gasteiger partial charge in [0.25, 0.3) is 0 Å². The molecule has 0 radical (unpaired) electrons. The first kappa shape index (κ1) is 25.0. The number of rotatable bonds is 6. The smallest absolute Gasteiger partial charge is 0.220 e. The van der Waals surface area contributed by atoms with E-state index >= 15 is 0 Å². The molecular weight excluding hydrogens is 385 g/mol. The van der Waals surface area contributed by atoms with Gasteiger partial charge in [-0.2, -0.15) is 0 Å². The second kappa shape index (κ2) is 11.8. The molecule has 3 aliphatic rings. The summed E-state index contributed by atoms with van der Waals surface area (Å²) in [5, 5.41) is 3.31. The van der Waals surface area contributed by atoms with Crippen molar-refractivity contribution in [1.29, 1.82) is 0 Å². The highest BCUT2D eigenvalue weighted by atomic mass is 35.5. The van der Waals surface area contributed by atoms with Crippen LogP contribution in [0.2, 0.25) is 0 Å². The highest BCUT2D eigenvalue weighted by molar-refractivity contribution is 5.85. The first-order valence-electron chi connectivity index (χ1n) is 10.5. The van der Waals surface area contributed by atoms with E-state index in [1.54, 1.807) is 0 Å². The minimum absolute atomic E-state index is 0. The first-order chi connectivity index (χ1) is 12.2. The maximum absolute atomic E-state index is 12.7. The van der Waals surface area contributed by atoms with Gasteiger partial charge in [0.2, 0.25) is 5.91 Å². The van der Waals surface area contributed by atoms with Gasteiger partial charge in [-0.1, -0.05) is 25.7 Å². The summed E-state index contributed by atoms with van der Waals surface area (Å²) < 4.78 is 5.62. The number of hydrogen-bond donors (Lipinski definition) is 2. The Morgan fingerprint density at radius 1 is 0.926 bits per heavy atom. The number of carbonyl (C=O) groups is 1. The SMILES string of the molecule is Cl.Cl.NCC1(CC(=O)NCC2(N3CCCCC3)CCOCC2)CCCCC1. The average molecular weight is 424 g/mol. The monoisotopic (exact) mass is 423 g/mol. The molecule has 0 aromatic carbocycles. The number of ether oxygens (including phenoxy) is 1. The predicted octanol–water partition coefficient (Wildman–Crippen LogP) is 3.28. The molecule has 2 aliphatic heterocycles. The van der Waals surface area contributed by atoms with Crippen LogP contribution in [0.3, 0.4) is 0 Å². The second-order valence-electron chi connectivity index (χ2n) is 8.60. The van der Waals surface area contributed by atoms with Gasteiger partial charge in [-0.05, 0) is 63.6 Å². The summed E-state index contributed by atoms with van der Waals surface area (Å²) in [6.07, 6.45) is 12.6. The summed E-state index contributed by atoms with van der Waals surface area (Å²) >= 11 is 0. The van der Waals surface area contributed by atoms with Crippen LogP contribution in [0.15, 0.2) is 0 Å². The number of amides is 1. The van der Waals surface area contributed by atoms with Crippen molar-refractivity contribution < 1.29 is 9.53 Å². The largest absolute Gasteiger partial charge is 0.381 e. The van der Waals surface area contributed by atoms with Gasteiger partial charge in [0, 0.05) is 31.7 Å². The highest BCUT2D eigenvalue weighted by Gasteiger charge is 2.40. The zero-order chi connectivity index (χ0) is 17.6. The molecule has 0 spiro atoms. The third kappa shape index (κ3) is 6.46. The Kier molecular flexibility index (Phi) is 10.9. The quantitative estimate of drug-likeness (QED) is 0.687. The van der Waals surface area contributed by atoms with Crippen LogP contribution < -0.4 is 11.1 Å². The van der Waals surface area contributed by atoms with Gasteiger partial charge < -0.3 is 15.8 Å². The molecule has 2 saturated heterocycles. The highest BCUT2D eigenvalue weighted by Crippen LogP contribution is 2.38. The lowest BCUT2D eigenvalue weighted by molar-refractivity contribution is -0.125. The number of likely N-dealkylation sites (tertiary alicyclic amines) is 1. The molecule has 0 aromatic rings. The summed E-state index contributed by atoms with van der Waals surface area (Å²) in [5.74, 6) is 0.204. The van der Waals surface area contributed by atoms with Crippen LogP contribution in [-0.2, 0) is 9.53 Å². The maximum atomic E-state index is 12.7. The van der Waals surface area contributed by atoms with E-state index in [1.807, 2.05) is 0 Å². The van der Waals surface area contributed by atoms with Crippen molar-refractivity contribution in [3.63, 3.8) is 0 Å². The second-order valence-corrected chi connectivity index (χ2v) is 8.60. The van der Waals surface area contributed by atoms with Gasteiger partial charge in [0.1, 0.15) is 0 Å². The molecule has 3 N–H and O–H groups in total. The van der Waals surface area contributed by atoms with Crippen molar-refractivity contribution >= 4 is 30.7 Å². The Balaban J connectivity index is 0.00000182. The van der Waals surface area contributed by atoms with Crippen molar-refractivity contribution in [3.8, 4) is 0 Å². The Bertz CT molecular complexity index is 433. The third-order valence-electron chi connectivity index (χ3n) is 6.95. The van der Waals surface area contributed by atoms with Gasteiger partial charge in [0.15, 0.2) is 0 Å².